The summed E-state index contributed by atoms with van der Waals surface area (Å²) < 4.78 is 0. The predicted octanol–water partition coefficient (Wildman–Crippen LogP) is 4.19. The minimum Gasteiger partial charge on any atom is -0.0991 e. The van der Waals surface area contributed by atoms with Gasteiger partial charge in [0.1, 0.15) is 0 Å². The smallest absolute Gasteiger partial charge is 0.0174 e. The molecule has 0 N–H and O–H groups in total. The third kappa shape index (κ3) is 2.24. The Bertz CT molecular complexity index is 198. The first-order valence-electron chi connectivity index (χ1n) is 5.53. The van der Waals surface area contributed by atoms with E-state index in [2.05, 4.69) is 33.4 Å². The molecule has 0 heterocycles. The minimum absolute atomic E-state index is 0.794. The summed E-state index contributed by atoms with van der Waals surface area (Å²) in [6.07, 6.45) is 8.28. The average Bonchev–Trinajstić information content (AvgIpc) is 2.48. The molecule has 1 aliphatic carbocycles. The van der Waals surface area contributed by atoms with Crippen molar-refractivity contribution in [3.63, 3.8) is 0 Å². The predicted molar refractivity (Wildman–Crippen MR) is 59.6 cm³/mol. The van der Waals surface area contributed by atoms with Crippen LogP contribution in [0.2, 0.25) is 0 Å². The van der Waals surface area contributed by atoms with Gasteiger partial charge >= 0.3 is 0 Å². The van der Waals surface area contributed by atoms with Crippen molar-refractivity contribution in [2.24, 2.45) is 17.8 Å². The molecular weight excluding hydrogens is 156 g/mol. The van der Waals surface area contributed by atoms with E-state index in [0.29, 0.717) is 0 Å². The van der Waals surface area contributed by atoms with Gasteiger partial charge in [-0.15, -0.1) is 0 Å². The highest BCUT2D eigenvalue weighted by Crippen LogP contribution is 2.42. The lowest BCUT2D eigenvalue weighted by atomic mass is 9.87. The standard InChI is InChI=1S/C13H22/c1-5-7-13-11(6-2)8-9-12(13)10(3)4/h5,7,10-12H,1,6,8-9H2,2-4H3/b13-7+/t11?,12-/m1/s1. The van der Waals surface area contributed by atoms with Crippen molar-refractivity contribution in [3.8, 4) is 0 Å². The molecule has 0 saturated heterocycles. The van der Waals surface area contributed by atoms with Gasteiger partial charge < -0.3 is 0 Å². The molecule has 0 nitrogen and oxygen atoms in total. The van der Waals surface area contributed by atoms with Gasteiger partial charge in [-0.2, -0.15) is 0 Å². The maximum absolute atomic E-state index is 3.81. The molecule has 0 aromatic carbocycles. The van der Waals surface area contributed by atoms with Crippen LogP contribution in [0, 0.1) is 17.8 Å². The summed E-state index contributed by atoms with van der Waals surface area (Å²) in [6, 6.07) is 0. The molecular formula is C13H22. The fraction of sp³-hybridized carbons (Fsp3) is 0.692. The highest BCUT2D eigenvalue weighted by Gasteiger charge is 2.30. The first-order valence-corrected chi connectivity index (χ1v) is 5.53. The molecule has 0 aliphatic heterocycles. The third-order valence-electron chi connectivity index (χ3n) is 3.33. The molecule has 0 aromatic heterocycles. The normalized spacial score (nSPS) is 31.5. The molecule has 0 aromatic rings. The van der Waals surface area contributed by atoms with Crippen LogP contribution in [0.3, 0.4) is 0 Å². The molecule has 13 heavy (non-hydrogen) atoms. The Morgan fingerprint density at radius 2 is 2.15 bits per heavy atom. The monoisotopic (exact) mass is 178 g/mol. The van der Waals surface area contributed by atoms with Gasteiger partial charge in [-0.05, 0) is 37.0 Å². The van der Waals surface area contributed by atoms with Crippen LogP contribution in [0.4, 0.5) is 0 Å². The maximum atomic E-state index is 3.81. The van der Waals surface area contributed by atoms with E-state index in [0.717, 1.165) is 17.8 Å². The quantitative estimate of drug-likeness (QED) is 0.608. The average molecular weight is 178 g/mol. The first-order chi connectivity index (χ1) is 6.20. The lowest BCUT2D eigenvalue weighted by Gasteiger charge is -2.18. The molecule has 74 valence electrons. The van der Waals surface area contributed by atoms with E-state index >= 15 is 0 Å². The van der Waals surface area contributed by atoms with Crippen molar-refractivity contribution < 1.29 is 0 Å². The van der Waals surface area contributed by atoms with Crippen molar-refractivity contribution in [1.29, 1.82) is 0 Å². The Hall–Kier alpha value is -0.520. The largest absolute Gasteiger partial charge is 0.0991 e. The van der Waals surface area contributed by atoms with Crippen molar-refractivity contribution in [2.45, 2.75) is 40.0 Å². The zero-order valence-electron chi connectivity index (χ0n) is 9.22. The molecule has 1 unspecified atom stereocenters. The molecule has 0 bridgehead atoms. The van der Waals surface area contributed by atoms with Crippen LogP contribution >= 0.6 is 0 Å². The summed E-state index contributed by atoms with van der Waals surface area (Å²) in [7, 11) is 0. The summed E-state index contributed by atoms with van der Waals surface area (Å²) in [5.41, 5.74) is 1.66. The molecule has 1 rings (SSSR count). The molecule has 0 amide bonds. The lowest BCUT2D eigenvalue weighted by molar-refractivity contribution is 0.452. The second kappa shape index (κ2) is 4.64. The number of hydrogen-bond donors (Lipinski definition) is 0. The summed E-state index contributed by atoms with van der Waals surface area (Å²) in [5, 5.41) is 0. The highest BCUT2D eigenvalue weighted by atomic mass is 14.3. The van der Waals surface area contributed by atoms with Crippen LogP contribution in [0.25, 0.3) is 0 Å². The number of rotatable bonds is 3. The fourth-order valence-electron chi connectivity index (χ4n) is 2.57. The van der Waals surface area contributed by atoms with E-state index in [9.17, 15) is 0 Å². The van der Waals surface area contributed by atoms with Gasteiger partial charge in [-0.1, -0.05) is 45.1 Å². The molecule has 0 heteroatoms. The van der Waals surface area contributed by atoms with Gasteiger partial charge in [-0.3, -0.25) is 0 Å². The van der Waals surface area contributed by atoms with Gasteiger partial charge in [-0.25, -0.2) is 0 Å². The van der Waals surface area contributed by atoms with Crippen molar-refractivity contribution in [3.05, 3.63) is 24.3 Å². The van der Waals surface area contributed by atoms with Crippen molar-refractivity contribution in [1.82, 2.24) is 0 Å². The van der Waals surface area contributed by atoms with E-state index < -0.39 is 0 Å². The first kappa shape index (κ1) is 10.6. The Labute approximate surface area is 82.7 Å². The van der Waals surface area contributed by atoms with Gasteiger partial charge in [0.05, 0.1) is 0 Å². The number of allylic oxidation sites excluding steroid dienone is 3. The van der Waals surface area contributed by atoms with E-state index in [1.807, 2.05) is 6.08 Å². The lowest BCUT2D eigenvalue weighted by Crippen LogP contribution is -2.08. The van der Waals surface area contributed by atoms with Crippen LogP contribution < -0.4 is 0 Å². The Morgan fingerprint density at radius 3 is 2.62 bits per heavy atom. The third-order valence-corrected chi connectivity index (χ3v) is 3.33. The summed E-state index contributed by atoms with van der Waals surface area (Å²) in [4.78, 5) is 0. The number of hydrogen-bond acceptors (Lipinski definition) is 0. The SMILES string of the molecule is C=C/C=C1\C(CC)CC[C@@H]1C(C)C. The van der Waals surface area contributed by atoms with Crippen LogP contribution in [-0.2, 0) is 0 Å². The van der Waals surface area contributed by atoms with Crippen LogP contribution in [-0.4, -0.2) is 0 Å². The molecule has 0 radical (unpaired) electrons. The van der Waals surface area contributed by atoms with E-state index in [4.69, 9.17) is 0 Å². The topological polar surface area (TPSA) is 0 Å². The van der Waals surface area contributed by atoms with Crippen molar-refractivity contribution >= 4 is 0 Å². The minimum atomic E-state index is 0.794. The zero-order valence-corrected chi connectivity index (χ0v) is 9.22. The fourth-order valence-corrected chi connectivity index (χ4v) is 2.57. The molecule has 1 aliphatic rings. The zero-order chi connectivity index (χ0) is 9.84. The van der Waals surface area contributed by atoms with Gasteiger partial charge in [0, 0.05) is 0 Å². The second-order valence-electron chi connectivity index (χ2n) is 4.44. The van der Waals surface area contributed by atoms with Crippen molar-refractivity contribution in [2.75, 3.05) is 0 Å². The highest BCUT2D eigenvalue weighted by molar-refractivity contribution is 5.20. The summed E-state index contributed by atoms with van der Waals surface area (Å²) in [6.45, 7) is 10.8. The van der Waals surface area contributed by atoms with Crippen LogP contribution in [0.1, 0.15) is 40.0 Å². The maximum Gasteiger partial charge on any atom is -0.0174 e. The van der Waals surface area contributed by atoms with E-state index in [1.54, 1.807) is 5.57 Å². The molecule has 1 saturated carbocycles. The van der Waals surface area contributed by atoms with E-state index in [-0.39, 0.29) is 0 Å². The Kier molecular flexibility index (Phi) is 3.77. The van der Waals surface area contributed by atoms with Crippen LogP contribution in [0.5, 0.6) is 0 Å². The van der Waals surface area contributed by atoms with Crippen LogP contribution in [0.15, 0.2) is 24.3 Å². The van der Waals surface area contributed by atoms with Gasteiger partial charge in [0.25, 0.3) is 0 Å². The van der Waals surface area contributed by atoms with E-state index in [1.165, 1.54) is 19.3 Å². The Morgan fingerprint density at radius 1 is 1.46 bits per heavy atom. The summed E-state index contributed by atoms with van der Waals surface area (Å²) >= 11 is 0. The second-order valence-corrected chi connectivity index (χ2v) is 4.44. The molecule has 2 atom stereocenters. The Balaban J connectivity index is 2.79. The van der Waals surface area contributed by atoms with Gasteiger partial charge in [0.15, 0.2) is 0 Å². The molecule has 0 spiro atoms. The summed E-state index contributed by atoms with van der Waals surface area (Å²) in [5.74, 6) is 2.45. The van der Waals surface area contributed by atoms with Gasteiger partial charge in [0.2, 0.25) is 0 Å². The molecule has 1 fully saturated rings.